The summed E-state index contributed by atoms with van der Waals surface area (Å²) in [4.78, 5) is 7.23. The molecule has 1 fully saturated rings. The Kier molecular flexibility index (Phi) is 3.95. The van der Waals surface area contributed by atoms with Gasteiger partial charge in [-0.15, -0.1) is 0 Å². The van der Waals surface area contributed by atoms with Gasteiger partial charge in [0.15, 0.2) is 0 Å². The molecule has 1 aromatic heterocycles. The molecule has 2 aliphatic rings. The van der Waals surface area contributed by atoms with E-state index in [9.17, 15) is 0 Å². The number of aromatic nitrogens is 2. The second-order valence-corrected chi connectivity index (χ2v) is 6.58. The van der Waals surface area contributed by atoms with Crippen molar-refractivity contribution in [2.24, 2.45) is 0 Å². The Balaban J connectivity index is 1.77. The van der Waals surface area contributed by atoms with Crippen LogP contribution >= 0.6 is 0 Å². The lowest BCUT2D eigenvalue weighted by molar-refractivity contribution is 0.519. The predicted molar refractivity (Wildman–Crippen MR) is 94.5 cm³/mol. The van der Waals surface area contributed by atoms with Gasteiger partial charge in [0.25, 0.3) is 0 Å². The van der Waals surface area contributed by atoms with Gasteiger partial charge in [-0.2, -0.15) is 0 Å². The number of anilines is 2. The van der Waals surface area contributed by atoms with Crippen molar-refractivity contribution in [3.8, 4) is 11.4 Å². The Morgan fingerprint density at radius 1 is 1.04 bits per heavy atom. The number of nitrogens with zero attached hydrogens (tertiary/aromatic N) is 3. The molecular weight excluding hydrogens is 286 g/mol. The number of imidazole rings is 1. The predicted octanol–water partition coefficient (Wildman–Crippen LogP) is 2.62. The van der Waals surface area contributed by atoms with E-state index in [2.05, 4.69) is 26.9 Å². The van der Waals surface area contributed by atoms with Crippen LogP contribution in [0.15, 0.2) is 24.4 Å². The fraction of sp³-hybridized carbons (Fsp3) is 0.500. The Bertz CT molecular complexity index is 683. The molecule has 3 heterocycles. The fourth-order valence-electron chi connectivity index (χ4n) is 3.73. The van der Waals surface area contributed by atoms with E-state index in [0.717, 1.165) is 44.2 Å². The standard InChI is InChI=1S/C18H25N5/c19-14-5-6-16(17(11-14)22-8-3-1-2-4-9-22)18-21-13-15-12-20-7-10-23(15)18/h5-6,11,13,20H,1-4,7-10,12,19H2. The molecule has 122 valence electrons. The van der Waals surface area contributed by atoms with E-state index in [4.69, 9.17) is 10.7 Å². The van der Waals surface area contributed by atoms with Crippen molar-refractivity contribution in [1.29, 1.82) is 0 Å². The highest BCUT2D eigenvalue weighted by atomic mass is 15.2. The molecule has 0 radical (unpaired) electrons. The highest BCUT2D eigenvalue weighted by molar-refractivity contribution is 5.78. The van der Waals surface area contributed by atoms with Gasteiger partial charge in [0.05, 0.1) is 11.9 Å². The highest BCUT2D eigenvalue weighted by Gasteiger charge is 2.20. The number of hydrogen-bond acceptors (Lipinski definition) is 4. The summed E-state index contributed by atoms with van der Waals surface area (Å²) in [6.45, 7) is 5.12. The van der Waals surface area contributed by atoms with Crippen LogP contribution in [0.1, 0.15) is 31.4 Å². The summed E-state index contributed by atoms with van der Waals surface area (Å²) in [5, 5.41) is 3.41. The lowest BCUT2D eigenvalue weighted by Crippen LogP contribution is -2.28. The average molecular weight is 311 g/mol. The molecule has 1 saturated heterocycles. The molecule has 4 rings (SSSR count). The zero-order valence-corrected chi connectivity index (χ0v) is 13.6. The van der Waals surface area contributed by atoms with Crippen LogP contribution in [0.25, 0.3) is 11.4 Å². The molecule has 23 heavy (non-hydrogen) atoms. The van der Waals surface area contributed by atoms with Gasteiger partial charge in [0.2, 0.25) is 0 Å². The van der Waals surface area contributed by atoms with Crippen LogP contribution in [0.5, 0.6) is 0 Å². The van der Waals surface area contributed by atoms with Crippen molar-refractivity contribution in [2.75, 3.05) is 30.3 Å². The summed E-state index contributed by atoms with van der Waals surface area (Å²) in [7, 11) is 0. The van der Waals surface area contributed by atoms with Gasteiger partial charge >= 0.3 is 0 Å². The maximum absolute atomic E-state index is 6.10. The third kappa shape index (κ3) is 2.81. The molecule has 2 aliphatic heterocycles. The van der Waals surface area contributed by atoms with E-state index in [1.165, 1.54) is 42.6 Å². The van der Waals surface area contributed by atoms with Crippen LogP contribution < -0.4 is 16.0 Å². The smallest absolute Gasteiger partial charge is 0.142 e. The summed E-state index contributed by atoms with van der Waals surface area (Å²) in [5.41, 5.74) is 10.7. The first-order chi connectivity index (χ1) is 11.3. The summed E-state index contributed by atoms with van der Waals surface area (Å²) in [6, 6.07) is 6.27. The Labute approximate surface area is 137 Å². The van der Waals surface area contributed by atoms with Gasteiger partial charge in [-0.25, -0.2) is 4.98 Å². The molecule has 0 spiro atoms. The fourth-order valence-corrected chi connectivity index (χ4v) is 3.73. The van der Waals surface area contributed by atoms with Crippen molar-refractivity contribution < 1.29 is 0 Å². The number of benzene rings is 1. The lowest BCUT2D eigenvalue weighted by Gasteiger charge is -2.26. The minimum atomic E-state index is 0.833. The van der Waals surface area contributed by atoms with Crippen molar-refractivity contribution in [3.63, 3.8) is 0 Å². The van der Waals surface area contributed by atoms with Crippen LogP contribution in [0.4, 0.5) is 11.4 Å². The van der Waals surface area contributed by atoms with Gasteiger partial charge < -0.3 is 20.5 Å². The van der Waals surface area contributed by atoms with Crippen molar-refractivity contribution in [1.82, 2.24) is 14.9 Å². The molecule has 3 N–H and O–H groups in total. The number of hydrogen-bond donors (Lipinski definition) is 2. The monoisotopic (exact) mass is 311 g/mol. The van der Waals surface area contributed by atoms with Gasteiger partial charge in [-0.1, -0.05) is 12.8 Å². The quantitative estimate of drug-likeness (QED) is 0.837. The summed E-state index contributed by atoms with van der Waals surface area (Å²) in [6.07, 6.45) is 7.19. The van der Waals surface area contributed by atoms with E-state index >= 15 is 0 Å². The van der Waals surface area contributed by atoms with Gasteiger partial charge in [0.1, 0.15) is 5.82 Å². The second kappa shape index (κ2) is 6.24. The normalized spacial score (nSPS) is 18.5. The van der Waals surface area contributed by atoms with Crippen molar-refractivity contribution in [2.45, 2.75) is 38.8 Å². The minimum Gasteiger partial charge on any atom is -0.399 e. The number of rotatable bonds is 2. The zero-order chi connectivity index (χ0) is 15.6. The SMILES string of the molecule is Nc1ccc(-c2ncc3n2CCNC3)c(N2CCCCCC2)c1. The molecule has 0 unspecified atom stereocenters. The van der Waals surface area contributed by atoms with Crippen molar-refractivity contribution >= 4 is 11.4 Å². The van der Waals surface area contributed by atoms with E-state index in [-0.39, 0.29) is 0 Å². The van der Waals surface area contributed by atoms with Crippen LogP contribution in [0.2, 0.25) is 0 Å². The molecule has 0 atom stereocenters. The largest absolute Gasteiger partial charge is 0.399 e. The number of fused-ring (bicyclic) bond motifs is 1. The Morgan fingerprint density at radius 2 is 1.87 bits per heavy atom. The van der Waals surface area contributed by atoms with Crippen LogP contribution in [0.3, 0.4) is 0 Å². The average Bonchev–Trinajstić information content (AvgIpc) is 2.81. The first kappa shape index (κ1) is 14.6. The third-order valence-corrected chi connectivity index (χ3v) is 4.97. The first-order valence-corrected chi connectivity index (χ1v) is 8.73. The summed E-state index contributed by atoms with van der Waals surface area (Å²) >= 11 is 0. The van der Waals surface area contributed by atoms with Crippen LogP contribution in [0, 0.1) is 0 Å². The topological polar surface area (TPSA) is 59.1 Å². The van der Waals surface area contributed by atoms with Gasteiger partial charge in [-0.05, 0) is 31.0 Å². The number of nitrogens with two attached hydrogens (primary N) is 1. The minimum absolute atomic E-state index is 0.833. The van der Waals surface area contributed by atoms with Gasteiger partial charge in [0, 0.05) is 49.7 Å². The molecule has 5 heteroatoms. The number of nitrogens with one attached hydrogen (secondary N) is 1. The molecule has 0 aliphatic carbocycles. The molecule has 1 aromatic carbocycles. The summed E-state index contributed by atoms with van der Waals surface area (Å²) < 4.78 is 2.35. The molecule has 0 bridgehead atoms. The summed E-state index contributed by atoms with van der Waals surface area (Å²) in [5.74, 6) is 1.08. The van der Waals surface area contributed by atoms with Crippen molar-refractivity contribution in [3.05, 3.63) is 30.1 Å². The maximum Gasteiger partial charge on any atom is 0.142 e. The highest BCUT2D eigenvalue weighted by Crippen LogP contribution is 2.34. The molecular formula is C18H25N5. The number of nitrogen functional groups attached to an aromatic ring is 1. The van der Waals surface area contributed by atoms with E-state index in [1.807, 2.05) is 12.3 Å². The second-order valence-electron chi connectivity index (χ2n) is 6.58. The van der Waals surface area contributed by atoms with E-state index in [0.29, 0.717) is 0 Å². The van der Waals surface area contributed by atoms with Crippen LogP contribution in [-0.2, 0) is 13.1 Å². The zero-order valence-electron chi connectivity index (χ0n) is 13.6. The first-order valence-electron chi connectivity index (χ1n) is 8.73. The molecule has 5 nitrogen and oxygen atoms in total. The van der Waals surface area contributed by atoms with E-state index < -0.39 is 0 Å². The molecule has 0 amide bonds. The van der Waals surface area contributed by atoms with E-state index in [1.54, 1.807) is 0 Å². The van der Waals surface area contributed by atoms with Crippen LogP contribution in [-0.4, -0.2) is 29.2 Å². The third-order valence-electron chi connectivity index (χ3n) is 4.97. The maximum atomic E-state index is 6.10. The Morgan fingerprint density at radius 3 is 2.70 bits per heavy atom. The van der Waals surface area contributed by atoms with Gasteiger partial charge in [-0.3, -0.25) is 0 Å². The Hall–Kier alpha value is -2.01. The molecule has 0 saturated carbocycles. The molecule has 2 aromatic rings. The lowest BCUT2D eigenvalue weighted by atomic mass is 10.1.